The zero-order chi connectivity index (χ0) is 12.8. The number of amides is 1. The van der Waals surface area contributed by atoms with E-state index in [0.717, 1.165) is 5.69 Å². The number of hydrogen-bond donors (Lipinski definition) is 0. The highest BCUT2D eigenvalue weighted by Gasteiger charge is 2.23. The molecule has 0 bridgehead atoms. The zero-order valence-electron chi connectivity index (χ0n) is 9.99. The van der Waals surface area contributed by atoms with Gasteiger partial charge in [-0.1, -0.05) is 24.9 Å². The molecule has 0 aromatic carbocycles. The van der Waals surface area contributed by atoms with Crippen molar-refractivity contribution in [2.24, 2.45) is 0 Å². The Bertz CT molecular complexity index is 413. The highest BCUT2D eigenvalue weighted by Crippen LogP contribution is 2.26. The fourth-order valence-corrected chi connectivity index (χ4v) is 1.73. The molecule has 4 nitrogen and oxygen atoms in total. The largest absolute Gasteiger partial charge is 0.359 e. The van der Waals surface area contributed by atoms with E-state index in [1.807, 2.05) is 13.8 Å². The lowest BCUT2D eigenvalue weighted by Gasteiger charge is -2.19. The van der Waals surface area contributed by atoms with Crippen molar-refractivity contribution in [2.45, 2.75) is 26.7 Å². The highest BCUT2D eigenvalue weighted by atomic mass is 35.5. The number of hydrogen-bond acceptors (Lipinski definition) is 3. The van der Waals surface area contributed by atoms with Crippen molar-refractivity contribution in [1.82, 2.24) is 5.16 Å². The number of anilines is 1. The van der Waals surface area contributed by atoms with Crippen molar-refractivity contribution in [3.63, 3.8) is 0 Å². The van der Waals surface area contributed by atoms with Gasteiger partial charge in [0.25, 0.3) is 0 Å². The molecular weight excluding hydrogens is 240 g/mol. The van der Waals surface area contributed by atoms with E-state index in [1.165, 1.54) is 4.90 Å². The third kappa shape index (κ3) is 2.80. The number of carbonyl (C=O) groups excluding carboxylic acids is 1. The summed E-state index contributed by atoms with van der Waals surface area (Å²) in [6.07, 6.45) is 6.60. The van der Waals surface area contributed by atoms with Crippen molar-refractivity contribution in [3.8, 4) is 12.3 Å². The van der Waals surface area contributed by atoms with Crippen LogP contribution in [0.4, 0.5) is 5.69 Å². The summed E-state index contributed by atoms with van der Waals surface area (Å²) >= 11 is 5.58. The Morgan fingerprint density at radius 2 is 2.24 bits per heavy atom. The summed E-state index contributed by atoms with van der Waals surface area (Å²) in [7, 11) is 0. The standard InChI is InChI=1S/C12H15ClN2O2/c1-4-7-15(11(16)8-13)12-9(5-2)14-17-10(12)6-3/h1H,5-8H2,2-3H3. The average Bonchev–Trinajstić information content (AvgIpc) is 2.77. The molecule has 0 atom stereocenters. The van der Waals surface area contributed by atoms with Crippen LogP contribution < -0.4 is 4.90 Å². The van der Waals surface area contributed by atoms with Gasteiger partial charge < -0.3 is 4.52 Å². The molecule has 5 heteroatoms. The summed E-state index contributed by atoms with van der Waals surface area (Å²) in [5.41, 5.74) is 1.41. The first kappa shape index (κ1) is 13.6. The third-order valence-electron chi connectivity index (χ3n) is 2.39. The second-order valence-corrected chi connectivity index (χ2v) is 3.69. The van der Waals surface area contributed by atoms with Gasteiger partial charge in [0.15, 0.2) is 5.76 Å². The molecule has 17 heavy (non-hydrogen) atoms. The van der Waals surface area contributed by atoms with Gasteiger partial charge in [0.2, 0.25) is 5.91 Å². The molecule has 1 rings (SSSR count). The predicted molar refractivity (Wildman–Crippen MR) is 67.2 cm³/mol. The molecule has 0 spiro atoms. The molecule has 0 saturated carbocycles. The van der Waals surface area contributed by atoms with Crippen molar-refractivity contribution < 1.29 is 9.32 Å². The van der Waals surface area contributed by atoms with Crippen LogP contribution in [0.5, 0.6) is 0 Å². The van der Waals surface area contributed by atoms with Crippen LogP contribution >= 0.6 is 11.6 Å². The van der Waals surface area contributed by atoms with E-state index in [1.54, 1.807) is 0 Å². The van der Waals surface area contributed by atoms with E-state index in [2.05, 4.69) is 11.1 Å². The Hall–Kier alpha value is -1.47. The summed E-state index contributed by atoms with van der Waals surface area (Å²) < 4.78 is 5.20. The smallest absolute Gasteiger partial charge is 0.242 e. The van der Waals surface area contributed by atoms with E-state index in [9.17, 15) is 4.79 Å². The van der Waals surface area contributed by atoms with Crippen LogP contribution in [0.25, 0.3) is 0 Å². The number of alkyl halides is 1. The van der Waals surface area contributed by atoms with Crippen molar-refractivity contribution in [3.05, 3.63) is 11.5 Å². The monoisotopic (exact) mass is 254 g/mol. The maximum Gasteiger partial charge on any atom is 0.242 e. The minimum absolute atomic E-state index is 0.112. The molecule has 0 aliphatic heterocycles. The number of carbonyl (C=O) groups is 1. The Balaban J connectivity index is 3.20. The summed E-state index contributed by atoms with van der Waals surface area (Å²) in [5, 5.41) is 3.94. The molecule has 0 aliphatic carbocycles. The quantitative estimate of drug-likeness (QED) is 0.596. The van der Waals surface area contributed by atoms with Crippen molar-refractivity contribution in [2.75, 3.05) is 17.3 Å². The molecule has 0 radical (unpaired) electrons. The Kier molecular flexibility index (Phi) is 5.05. The first-order chi connectivity index (χ1) is 8.19. The van der Waals surface area contributed by atoms with Gasteiger partial charge in [-0.3, -0.25) is 9.69 Å². The fraction of sp³-hybridized carbons (Fsp3) is 0.500. The second-order valence-electron chi connectivity index (χ2n) is 3.43. The molecule has 92 valence electrons. The maximum atomic E-state index is 11.8. The number of aromatic nitrogens is 1. The van der Waals surface area contributed by atoms with E-state index in [4.69, 9.17) is 22.5 Å². The molecular formula is C12H15ClN2O2. The molecule has 0 N–H and O–H groups in total. The lowest BCUT2D eigenvalue weighted by Crippen LogP contribution is -2.33. The van der Waals surface area contributed by atoms with Crippen LogP contribution in [0, 0.1) is 12.3 Å². The molecule has 1 aromatic rings. The van der Waals surface area contributed by atoms with Gasteiger partial charge in [-0.25, -0.2) is 0 Å². The maximum absolute atomic E-state index is 11.8. The van der Waals surface area contributed by atoms with Gasteiger partial charge in [-0.15, -0.1) is 18.0 Å². The highest BCUT2D eigenvalue weighted by molar-refractivity contribution is 6.29. The number of aryl methyl sites for hydroxylation is 2. The fourth-order valence-electron chi connectivity index (χ4n) is 1.58. The van der Waals surface area contributed by atoms with Crippen molar-refractivity contribution in [1.29, 1.82) is 0 Å². The first-order valence-corrected chi connectivity index (χ1v) is 6.00. The summed E-state index contributed by atoms with van der Waals surface area (Å²) in [4.78, 5) is 13.2. The number of halogens is 1. The van der Waals surface area contributed by atoms with Crippen LogP contribution in [0.2, 0.25) is 0 Å². The molecule has 0 aliphatic rings. The molecule has 1 aromatic heterocycles. The predicted octanol–water partition coefficient (Wildman–Crippen LogP) is 2.00. The molecule has 1 heterocycles. The average molecular weight is 255 g/mol. The molecule has 0 fully saturated rings. The molecule has 1 amide bonds. The SMILES string of the molecule is C#CCN(C(=O)CCl)c1c(CC)noc1CC. The van der Waals surface area contributed by atoms with Crippen LogP contribution in [0.3, 0.4) is 0 Å². The Labute approximate surface area is 106 Å². The third-order valence-corrected chi connectivity index (χ3v) is 2.62. The van der Waals surface area contributed by atoms with Gasteiger partial charge in [0.1, 0.15) is 17.3 Å². The topological polar surface area (TPSA) is 46.3 Å². The minimum Gasteiger partial charge on any atom is -0.359 e. The molecule has 0 unspecified atom stereocenters. The first-order valence-electron chi connectivity index (χ1n) is 5.46. The van der Waals surface area contributed by atoms with Gasteiger partial charge in [0.05, 0.1) is 6.54 Å². The Morgan fingerprint density at radius 1 is 1.53 bits per heavy atom. The van der Waals surface area contributed by atoms with Crippen LogP contribution in [0.15, 0.2) is 4.52 Å². The van der Waals surface area contributed by atoms with E-state index >= 15 is 0 Å². The number of terminal acetylenes is 1. The van der Waals surface area contributed by atoms with Crippen molar-refractivity contribution >= 4 is 23.2 Å². The van der Waals surface area contributed by atoms with Crippen LogP contribution in [-0.4, -0.2) is 23.5 Å². The van der Waals surface area contributed by atoms with Gasteiger partial charge in [-0.2, -0.15) is 0 Å². The number of nitrogens with zero attached hydrogens (tertiary/aromatic N) is 2. The Morgan fingerprint density at radius 3 is 2.71 bits per heavy atom. The normalized spacial score (nSPS) is 10.0. The van der Waals surface area contributed by atoms with Gasteiger partial charge >= 0.3 is 0 Å². The van der Waals surface area contributed by atoms with Crippen LogP contribution in [-0.2, 0) is 17.6 Å². The minimum atomic E-state index is -0.239. The summed E-state index contributed by atoms with van der Waals surface area (Å²) in [6.45, 7) is 4.05. The summed E-state index contributed by atoms with van der Waals surface area (Å²) in [5.74, 6) is 2.76. The van der Waals surface area contributed by atoms with E-state index in [-0.39, 0.29) is 18.3 Å². The van der Waals surface area contributed by atoms with Gasteiger partial charge in [0, 0.05) is 6.42 Å². The van der Waals surface area contributed by atoms with E-state index < -0.39 is 0 Å². The summed E-state index contributed by atoms with van der Waals surface area (Å²) in [6, 6.07) is 0. The van der Waals surface area contributed by atoms with E-state index in [0.29, 0.717) is 24.3 Å². The van der Waals surface area contributed by atoms with Crippen LogP contribution in [0.1, 0.15) is 25.3 Å². The zero-order valence-corrected chi connectivity index (χ0v) is 10.8. The molecule has 0 saturated heterocycles. The number of rotatable bonds is 5. The van der Waals surface area contributed by atoms with Gasteiger partial charge in [-0.05, 0) is 6.42 Å². The lowest BCUT2D eigenvalue weighted by molar-refractivity contribution is -0.116. The lowest BCUT2D eigenvalue weighted by atomic mass is 10.2. The second kappa shape index (κ2) is 6.31.